The Morgan fingerprint density at radius 1 is 1.50 bits per heavy atom. The summed E-state index contributed by atoms with van der Waals surface area (Å²) < 4.78 is 0. The van der Waals surface area contributed by atoms with Gasteiger partial charge in [-0.3, -0.25) is 9.78 Å². The van der Waals surface area contributed by atoms with Gasteiger partial charge < -0.3 is 15.5 Å². The van der Waals surface area contributed by atoms with E-state index in [9.17, 15) is 14.7 Å². The molecule has 98 valence electrons. The molecule has 1 amide bonds. The second-order valence-electron chi connectivity index (χ2n) is 3.58. The van der Waals surface area contributed by atoms with Gasteiger partial charge in [-0.15, -0.1) is 0 Å². The summed E-state index contributed by atoms with van der Waals surface area (Å²) in [7, 11) is 0. The van der Waals surface area contributed by atoms with Crippen molar-refractivity contribution in [1.29, 1.82) is 0 Å². The van der Waals surface area contributed by atoms with Gasteiger partial charge in [-0.2, -0.15) is 11.8 Å². The molecule has 0 radical (unpaired) electrons. The molecule has 1 heterocycles. The van der Waals surface area contributed by atoms with E-state index in [1.165, 1.54) is 30.2 Å². The topological polar surface area (TPSA) is 99.5 Å². The second-order valence-corrected chi connectivity index (χ2v) is 4.56. The van der Waals surface area contributed by atoms with Crippen molar-refractivity contribution < 1.29 is 19.8 Å². The molecule has 18 heavy (non-hydrogen) atoms. The number of carboxylic acids is 1. The fourth-order valence-electron chi connectivity index (χ4n) is 1.29. The maximum absolute atomic E-state index is 11.7. The summed E-state index contributed by atoms with van der Waals surface area (Å²) in [6.45, 7) is 0. The summed E-state index contributed by atoms with van der Waals surface area (Å²) in [5.41, 5.74) is 0.130. The van der Waals surface area contributed by atoms with E-state index < -0.39 is 17.9 Å². The zero-order valence-corrected chi connectivity index (χ0v) is 10.6. The molecule has 1 aromatic rings. The first kappa shape index (κ1) is 14.3. The Hall–Kier alpha value is -1.76. The van der Waals surface area contributed by atoms with Crippen molar-refractivity contribution in [3.8, 4) is 5.75 Å². The minimum absolute atomic E-state index is 0.130. The zero-order valence-electron chi connectivity index (χ0n) is 9.79. The van der Waals surface area contributed by atoms with Crippen LogP contribution in [0.1, 0.15) is 16.8 Å². The number of aromatic nitrogens is 1. The fourth-order valence-corrected chi connectivity index (χ4v) is 1.76. The molecule has 0 aliphatic rings. The van der Waals surface area contributed by atoms with Gasteiger partial charge in [0, 0.05) is 6.20 Å². The number of carbonyl (C=O) groups excluding carboxylic acids is 1. The van der Waals surface area contributed by atoms with E-state index in [0.717, 1.165) is 0 Å². The highest BCUT2D eigenvalue weighted by molar-refractivity contribution is 7.98. The van der Waals surface area contributed by atoms with Crippen molar-refractivity contribution >= 4 is 23.6 Å². The molecule has 1 atom stereocenters. The van der Waals surface area contributed by atoms with Crippen molar-refractivity contribution in [3.63, 3.8) is 0 Å². The molecular weight excluding hydrogens is 256 g/mol. The maximum Gasteiger partial charge on any atom is 0.326 e. The number of hydrogen-bond donors (Lipinski definition) is 3. The van der Waals surface area contributed by atoms with Gasteiger partial charge in [-0.25, -0.2) is 4.79 Å². The van der Waals surface area contributed by atoms with Crippen LogP contribution < -0.4 is 5.32 Å². The molecule has 0 aliphatic carbocycles. The van der Waals surface area contributed by atoms with Gasteiger partial charge in [0.05, 0.1) is 11.8 Å². The van der Waals surface area contributed by atoms with E-state index in [4.69, 9.17) is 5.11 Å². The van der Waals surface area contributed by atoms with E-state index in [2.05, 4.69) is 10.3 Å². The molecule has 0 saturated carbocycles. The van der Waals surface area contributed by atoms with E-state index in [1.54, 1.807) is 0 Å². The summed E-state index contributed by atoms with van der Waals surface area (Å²) in [5, 5.41) is 20.5. The number of nitrogens with one attached hydrogen (secondary N) is 1. The predicted molar refractivity (Wildman–Crippen MR) is 67.8 cm³/mol. The fraction of sp³-hybridized carbons (Fsp3) is 0.364. The van der Waals surface area contributed by atoms with Crippen LogP contribution in [0.4, 0.5) is 0 Å². The predicted octanol–water partition coefficient (Wildman–Crippen LogP) is 0.723. The second kappa shape index (κ2) is 6.85. The van der Waals surface area contributed by atoms with Crippen LogP contribution in [-0.2, 0) is 4.79 Å². The van der Waals surface area contributed by atoms with Crippen LogP contribution in [0.5, 0.6) is 5.75 Å². The molecule has 0 bridgehead atoms. The number of rotatable bonds is 6. The summed E-state index contributed by atoms with van der Waals surface area (Å²) in [5.74, 6) is -1.15. The van der Waals surface area contributed by atoms with Crippen LogP contribution in [0.25, 0.3) is 0 Å². The van der Waals surface area contributed by atoms with Crippen LogP contribution in [0.3, 0.4) is 0 Å². The Bertz CT molecular complexity index is 439. The Kier molecular flexibility index (Phi) is 5.44. The molecule has 7 heteroatoms. The lowest BCUT2D eigenvalue weighted by Gasteiger charge is -2.13. The van der Waals surface area contributed by atoms with Crippen molar-refractivity contribution in [3.05, 3.63) is 24.0 Å². The highest BCUT2D eigenvalue weighted by atomic mass is 32.2. The third kappa shape index (κ3) is 4.25. The third-order valence-corrected chi connectivity index (χ3v) is 2.84. The quantitative estimate of drug-likeness (QED) is 0.704. The summed E-state index contributed by atoms with van der Waals surface area (Å²) in [6.07, 6.45) is 4.66. The lowest BCUT2D eigenvalue weighted by molar-refractivity contribution is -0.139. The van der Waals surface area contributed by atoms with Crippen molar-refractivity contribution in [2.75, 3.05) is 12.0 Å². The van der Waals surface area contributed by atoms with Crippen LogP contribution in [0.15, 0.2) is 18.5 Å². The minimum Gasteiger partial charge on any atom is -0.506 e. The molecule has 0 fully saturated rings. The first-order valence-corrected chi connectivity index (χ1v) is 6.60. The van der Waals surface area contributed by atoms with Crippen LogP contribution >= 0.6 is 11.8 Å². The number of carbonyl (C=O) groups is 2. The lowest BCUT2D eigenvalue weighted by Crippen LogP contribution is -2.41. The van der Waals surface area contributed by atoms with Crippen molar-refractivity contribution in [2.24, 2.45) is 0 Å². The van der Waals surface area contributed by atoms with Gasteiger partial charge in [-0.05, 0) is 24.5 Å². The van der Waals surface area contributed by atoms with Crippen LogP contribution in [0.2, 0.25) is 0 Å². The van der Waals surface area contributed by atoms with Crippen LogP contribution in [-0.4, -0.2) is 45.1 Å². The van der Waals surface area contributed by atoms with Crippen molar-refractivity contribution in [2.45, 2.75) is 12.5 Å². The van der Waals surface area contributed by atoms with Gasteiger partial charge in [0.1, 0.15) is 11.8 Å². The number of nitrogens with zero attached hydrogens (tertiary/aromatic N) is 1. The average molecular weight is 270 g/mol. The molecule has 1 aromatic heterocycles. The first-order chi connectivity index (χ1) is 8.54. The number of hydrogen-bond acceptors (Lipinski definition) is 5. The number of aromatic hydroxyl groups is 1. The number of aliphatic carboxylic acids is 1. The normalized spacial score (nSPS) is 11.8. The molecule has 0 saturated heterocycles. The summed E-state index contributed by atoms with van der Waals surface area (Å²) in [4.78, 5) is 26.3. The summed E-state index contributed by atoms with van der Waals surface area (Å²) in [6, 6.07) is 0.294. The van der Waals surface area contributed by atoms with Gasteiger partial charge >= 0.3 is 5.97 Å². The van der Waals surface area contributed by atoms with Crippen molar-refractivity contribution in [1.82, 2.24) is 10.3 Å². The van der Waals surface area contributed by atoms with Gasteiger partial charge in [-0.1, -0.05) is 0 Å². The molecule has 0 aliphatic heterocycles. The molecule has 0 spiro atoms. The van der Waals surface area contributed by atoms with E-state index in [1.807, 2.05) is 6.26 Å². The number of thioether (sulfide) groups is 1. The minimum atomic E-state index is -1.08. The van der Waals surface area contributed by atoms with Gasteiger partial charge in [0.15, 0.2) is 0 Å². The Balaban J connectivity index is 2.69. The average Bonchev–Trinajstić information content (AvgIpc) is 2.33. The highest BCUT2D eigenvalue weighted by Gasteiger charge is 2.20. The van der Waals surface area contributed by atoms with E-state index in [0.29, 0.717) is 12.2 Å². The number of pyridine rings is 1. The Labute approximate surface area is 108 Å². The van der Waals surface area contributed by atoms with E-state index in [-0.39, 0.29) is 11.3 Å². The zero-order chi connectivity index (χ0) is 13.5. The lowest BCUT2D eigenvalue weighted by atomic mass is 10.2. The molecule has 0 aromatic carbocycles. The number of amides is 1. The smallest absolute Gasteiger partial charge is 0.326 e. The maximum atomic E-state index is 11.7. The summed E-state index contributed by atoms with van der Waals surface area (Å²) >= 11 is 1.51. The molecule has 1 rings (SSSR count). The highest BCUT2D eigenvalue weighted by Crippen LogP contribution is 2.09. The van der Waals surface area contributed by atoms with E-state index >= 15 is 0 Å². The first-order valence-electron chi connectivity index (χ1n) is 5.21. The van der Waals surface area contributed by atoms with Crippen LogP contribution in [0, 0.1) is 0 Å². The molecule has 6 nitrogen and oxygen atoms in total. The third-order valence-electron chi connectivity index (χ3n) is 2.20. The van der Waals surface area contributed by atoms with Gasteiger partial charge in [0.25, 0.3) is 5.91 Å². The molecule has 1 unspecified atom stereocenters. The number of carboxylic acid groups (broad SMARTS) is 1. The largest absolute Gasteiger partial charge is 0.506 e. The Morgan fingerprint density at radius 3 is 2.78 bits per heavy atom. The SMILES string of the molecule is CSCCC(NC(=O)c1cncc(O)c1)C(=O)O. The monoisotopic (exact) mass is 270 g/mol. The standard InChI is InChI=1S/C11H14N2O4S/c1-18-3-2-9(11(16)17)13-10(15)7-4-8(14)6-12-5-7/h4-6,9,14H,2-3H2,1H3,(H,13,15)(H,16,17). The molecular formula is C11H14N2O4S. The Morgan fingerprint density at radius 2 is 2.22 bits per heavy atom. The van der Waals surface area contributed by atoms with Gasteiger partial charge in [0.2, 0.25) is 0 Å². The molecule has 3 N–H and O–H groups in total.